The van der Waals surface area contributed by atoms with Crippen molar-refractivity contribution in [2.75, 3.05) is 13.1 Å². The van der Waals surface area contributed by atoms with E-state index in [4.69, 9.17) is 0 Å². The van der Waals surface area contributed by atoms with E-state index in [1.165, 1.54) is 25.8 Å². The first kappa shape index (κ1) is 12.5. The van der Waals surface area contributed by atoms with Crippen molar-refractivity contribution in [3.05, 3.63) is 0 Å². The molecule has 1 rings (SSSR count). The minimum Gasteiger partial charge on any atom is -0.354 e. The Balaban J connectivity index is 2.02. The largest absolute Gasteiger partial charge is 0.354 e. The summed E-state index contributed by atoms with van der Waals surface area (Å²) in [6.45, 7) is 6.32. The van der Waals surface area contributed by atoms with Crippen LogP contribution >= 0.6 is 0 Å². The predicted molar refractivity (Wildman–Crippen MR) is 62.7 cm³/mol. The summed E-state index contributed by atoms with van der Waals surface area (Å²) >= 11 is 0. The Morgan fingerprint density at radius 1 is 1.53 bits per heavy atom. The third kappa shape index (κ3) is 5.78. The number of amides is 1. The maximum Gasteiger partial charge on any atom is 0.220 e. The molecule has 1 unspecified atom stereocenters. The first-order valence-electron chi connectivity index (χ1n) is 6.18. The normalized spacial score (nSPS) is 21.7. The van der Waals surface area contributed by atoms with Crippen molar-refractivity contribution in [2.24, 2.45) is 5.92 Å². The van der Waals surface area contributed by atoms with Crippen molar-refractivity contribution < 1.29 is 4.79 Å². The van der Waals surface area contributed by atoms with Crippen molar-refractivity contribution in [3.8, 4) is 0 Å². The standard InChI is InChI=1S/C12H24N2O/c1-10(2)14-12(15)7-3-5-11-6-4-8-13-9-11/h10-11,13H,3-9H2,1-2H3,(H,14,15). The van der Waals surface area contributed by atoms with Gasteiger partial charge in [0, 0.05) is 12.5 Å². The van der Waals surface area contributed by atoms with Crippen LogP contribution < -0.4 is 10.6 Å². The van der Waals surface area contributed by atoms with Crippen LogP contribution in [0, 0.1) is 5.92 Å². The SMILES string of the molecule is CC(C)NC(=O)CCCC1CCCNC1. The summed E-state index contributed by atoms with van der Waals surface area (Å²) in [5.74, 6) is 0.999. The van der Waals surface area contributed by atoms with Gasteiger partial charge in [0.15, 0.2) is 0 Å². The molecule has 15 heavy (non-hydrogen) atoms. The third-order valence-corrected chi connectivity index (χ3v) is 2.86. The fourth-order valence-corrected chi connectivity index (χ4v) is 2.12. The van der Waals surface area contributed by atoms with Crippen LogP contribution in [0.5, 0.6) is 0 Å². The molecule has 0 aromatic rings. The van der Waals surface area contributed by atoms with Gasteiger partial charge in [0.1, 0.15) is 0 Å². The van der Waals surface area contributed by atoms with Gasteiger partial charge in [0.2, 0.25) is 5.91 Å². The second-order valence-corrected chi connectivity index (χ2v) is 4.83. The van der Waals surface area contributed by atoms with E-state index in [1.54, 1.807) is 0 Å². The highest BCUT2D eigenvalue weighted by molar-refractivity contribution is 5.76. The van der Waals surface area contributed by atoms with Gasteiger partial charge in [-0.25, -0.2) is 0 Å². The molecule has 0 radical (unpaired) electrons. The third-order valence-electron chi connectivity index (χ3n) is 2.86. The topological polar surface area (TPSA) is 41.1 Å². The fraction of sp³-hybridized carbons (Fsp3) is 0.917. The van der Waals surface area contributed by atoms with Crippen molar-refractivity contribution in [1.29, 1.82) is 0 Å². The van der Waals surface area contributed by atoms with Crippen LogP contribution in [0.25, 0.3) is 0 Å². The number of hydrogen-bond donors (Lipinski definition) is 2. The summed E-state index contributed by atoms with van der Waals surface area (Å²) in [6.07, 6.45) is 5.54. The molecule has 3 nitrogen and oxygen atoms in total. The second kappa shape index (κ2) is 6.83. The van der Waals surface area contributed by atoms with Gasteiger partial charge in [0.25, 0.3) is 0 Å². The average molecular weight is 212 g/mol. The molecule has 1 atom stereocenters. The molecule has 1 amide bonds. The van der Waals surface area contributed by atoms with Crippen LogP contribution in [0.4, 0.5) is 0 Å². The first-order valence-corrected chi connectivity index (χ1v) is 6.18. The Morgan fingerprint density at radius 2 is 2.33 bits per heavy atom. The molecule has 3 heteroatoms. The van der Waals surface area contributed by atoms with Crippen LogP contribution in [0.2, 0.25) is 0 Å². The lowest BCUT2D eigenvalue weighted by Gasteiger charge is -2.22. The van der Waals surface area contributed by atoms with Crippen LogP contribution in [0.15, 0.2) is 0 Å². The Labute approximate surface area is 93.0 Å². The zero-order valence-corrected chi connectivity index (χ0v) is 10.0. The molecule has 1 heterocycles. The maximum absolute atomic E-state index is 11.4. The van der Waals surface area contributed by atoms with E-state index in [9.17, 15) is 4.79 Å². The highest BCUT2D eigenvalue weighted by Crippen LogP contribution is 2.16. The lowest BCUT2D eigenvalue weighted by atomic mass is 9.94. The molecule has 0 aromatic carbocycles. The van der Waals surface area contributed by atoms with Gasteiger partial charge in [-0.3, -0.25) is 4.79 Å². The molecule has 0 aromatic heterocycles. The molecule has 1 fully saturated rings. The first-order chi connectivity index (χ1) is 7.18. The lowest BCUT2D eigenvalue weighted by Crippen LogP contribution is -2.31. The summed E-state index contributed by atoms with van der Waals surface area (Å²) in [5.41, 5.74) is 0. The van der Waals surface area contributed by atoms with E-state index in [1.807, 2.05) is 13.8 Å². The van der Waals surface area contributed by atoms with Crippen molar-refractivity contribution in [2.45, 2.75) is 52.0 Å². The number of hydrogen-bond acceptors (Lipinski definition) is 2. The number of rotatable bonds is 5. The van der Waals surface area contributed by atoms with E-state index >= 15 is 0 Å². The molecule has 0 aliphatic carbocycles. The fourth-order valence-electron chi connectivity index (χ4n) is 2.12. The molecule has 88 valence electrons. The molecular weight excluding hydrogens is 188 g/mol. The molecule has 1 aliphatic heterocycles. The number of carbonyl (C=O) groups excluding carboxylic acids is 1. The zero-order chi connectivity index (χ0) is 11.1. The summed E-state index contributed by atoms with van der Waals surface area (Å²) in [4.78, 5) is 11.4. The molecule has 1 saturated heterocycles. The van der Waals surface area contributed by atoms with Crippen LogP contribution in [0.1, 0.15) is 46.0 Å². The van der Waals surface area contributed by atoms with Crippen LogP contribution in [-0.2, 0) is 4.79 Å². The van der Waals surface area contributed by atoms with Gasteiger partial charge in [-0.15, -0.1) is 0 Å². The number of nitrogens with one attached hydrogen (secondary N) is 2. The minimum absolute atomic E-state index is 0.203. The number of piperidine rings is 1. The van der Waals surface area contributed by atoms with E-state index in [0.717, 1.165) is 18.9 Å². The van der Waals surface area contributed by atoms with Gasteiger partial charge in [-0.2, -0.15) is 0 Å². The van der Waals surface area contributed by atoms with Gasteiger partial charge in [-0.05, 0) is 58.5 Å². The van der Waals surface area contributed by atoms with Crippen molar-refractivity contribution >= 4 is 5.91 Å². The Hall–Kier alpha value is -0.570. The van der Waals surface area contributed by atoms with Crippen LogP contribution in [0.3, 0.4) is 0 Å². The minimum atomic E-state index is 0.203. The summed E-state index contributed by atoms with van der Waals surface area (Å²) in [7, 11) is 0. The molecule has 1 aliphatic rings. The smallest absolute Gasteiger partial charge is 0.220 e. The van der Waals surface area contributed by atoms with E-state index in [-0.39, 0.29) is 11.9 Å². The van der Waals surface area contributed by atoms with Crippen molar-refractivity contribution in [3.63, 3.8) is 0 Å². The van der Waals surface area contributed by atoms with E-state index in [2.05, 4.69) is 10.6 Å². The molecule has 0 saturated carbocycles. The Kier molecular flexibility index (Phi) is 5.69. The Morgan fingerprint density at radius 3 is 2.93 bits per heavy atom. The summed E-state index contributed by atoms with van der Waals surface area (Å²) in [6, 6.07) is 0.272. The molecule has 0 bridgehead atoms. The quantitative estimate of drug-likeness (QED) is 0.728. The van der Waals surface area contributed by atoms with E-state index < -0.39 is 0 Å². The highest BCUT2D eigenvalue weighted by Gasteiger charge is 2.13. The molecular formula is C12H24N2O. The molecule has 2 N–H and O–H groups in total. The van der Waals surface area contributed by atoms with Crippen LogP contribution in [-0.4, -0.2) is 25.0 Å². The van der Waals surface area contributed by atoms with E-state index in [0.29, 0.717) is 6.42 Å². The summed E-state index contributed by atoms with van der Waals surface area (Å²) in [5, 5.41) is 6.33. The summed E-state index contributed by atoms with van der Waals surface area (Å²) < 4.78 is 0. The lowest BCUT2D eigenvalue weighted by molar-refractivity contribution is -0.121. The van der Waals surface area contributed by atoms with Gasteiger partial charge >= 0.3 is 0 Å². The zero-order valence-electron chi connectivity index (χ0n) is 10.0. The average Bonchev–Trinajstić information content (AvgIpc) is 2.18. The van der Waals surface area contributed by atoms with Gasteiger partial charge in [0.05, 0.1) is 0 Å². The molecule has 0 spiro atoms. The monoisotopic (exact) mass is 212 g/mol. The Bertz CT molecular complexity index is 186. The van der Waals surface area contributed by atoms with Crippen molar-refractivity contribution in [1.82, 2.24) is 10.6 Å². The van der Waals surface area contributed by atoms with Gasteiger partial charge in [-0.1, -0.05) is 0 Å². The number of carbonyl (C=O) groups is 1. The highest BCUT2D eigenvalue weighted by atomic mass is 16.1. The second-order valence-electron chi connectivity index (χ2n) is 4.83. The predicted octanol–water partition coefficient (Wildman–Crippen LogP) is 1.68. The van der Waals surface area contributed by atoms with Gasteiger partial charge < -0.3 is 10.6 Å². The maximum atomic E-state index is 11.4.